The Morgan fingerprint density at radius 3 is 2.79 bits per heavy atom. The van der Waals surface area contributed by atoms with Gasteiger partial charge in [-0.1, -0.05) is 56.7 Å². The number of aryl methyl sites for hydroxylation is 2. The predicted octanol–water partition coefficient (Wildman–Crippen LogP) is 5.37. The largest absolute Gasteiger partial charge is 0.483 e. The van der Waals surface area contributed by atoms with Gasteiger partial charge in [0.1, 0.15) is 17.5 Å². The zero-order chi connectivity index (χ0) is 23.1. The minimum atomic E-state index is -0.650. The van der Waals surface area contributed by atoms with Gasteiger partial charge in [0.25, 0.3) is 0 Å². The molecule has 2 aliphatic carbocycles. The zero-order valence-electron chi connectivity index (χ0n) is 20.1. The third kappa shape index (κ3) is 2.64. The number of nitrogens with zero attached hydrogens (tertiary/aromatic N) is 1. The molecule has 172 valence electrons. The van der Waals surface area contributed by atoms with Crippen LogP contribution in [0.3, 0.4) is 0 Å². The quantitative estimate of drug-likeness (QED) is 0.615. The van der Waals surface area contributed by atoms with Gasteiger partial charge in [-0.15, -0.1) is 0 Å². The normalized spacial score (nSPS) is 34.0. The molecule has 6 rings (SSSR count). The Morgan fingerprint density at radius 2 is 2.00 bits per heavy atom. The average Bonchev–Trinajstić information content (AvgIpc) is 3.20. The number of fused-ring (bicyclic) bond motifs is 3. The van der Waals surface area contributed by atoms with E-state index in [4.69, 9.17) is 15.5 Å². The summed E-state index contributed by atoms with van der Waals surface area (Å²) in [5.41, 5.74) is 12.5. The number of aliphatic hydroxyl groups excluding tert-OH is 1. The molecule has 4 nitrogen and oxygen atoms in total. The molecule has 0 saturated carbocycles. The number of hydrogen-bond donors (Lipinski definition) is 2. The third-order valence-electron chi connectivity index (χ3n) is 8.64. The number of aliphatic imine (C=N–C) groups is 1. The summed E-state index contributed by atoms with van der Waals surface area (Å²) in [7, 11) is 0. The van der Waals surface area contributed by atoms with Crippen LogP contribution in [-0.4, -0.2) is 16.5 Å². The van der Waals surface area contributed by atoms with Crippen molar-refractivity contribution in [2.75, 3.05) is 0 Å². The van der Waals surface area contributed by atoms with E-state index in [1.165, 1.54) is 16.7 Å². The van der Waals surface area contributed by atoms with Crippen LogP contribution in [0.15, 0.2) is 58.6 Å². The van der Waals surface area contributed by atoms with Crippen molar-refractivity contribution < 1.29 is 9.84 Å². The van der Waals surface area contributed by atoms with Crippen molar-refractivity contribution in [3.05, 3.63) is 75.9 Å². The third-order valence-corrected chi connectivity index (χ3v) is 8.64. The smallest absolute Gasteiger partial charge is 0.153 e. The summed E-state index contributed by atoms with van der Waals surface area (Å²) in [4.78, 5) is 5.37. The van der Waals surface area contributed by atoms with Crippen LogP contribution in [0.2, 0.25) is 0 Å². The van der Waals surface area contributed by atoms with Crippen molar-refractivity contribution in [2.24, 2.45) is 28.5 Å². The summed E-state index contributed by atoms with van der Waals surface area (Å²) in [5.74, 6) is 2.53. The highest BCUT2D eigenvalue weighted by molar-refractivity contribution is 5.87. The van der Waals surface area contributed by atoms with Gasteiger partial charge in [-0.25, -0.2) is 0 Å². The lowest BCUT2D eigenvalue weighted by molar-refractivity contribution is 0.0295. The highest BCUT2D eigenvalue weighted by Crippen LogP contribution is 2.68. The maximum Gasteiger partial charge on any atom is 0.153 e. The number of amidine groups is 1. The first-order valence-electron chi connectivity index (χ1n) is 12.4. The summed E-state index contributed by atoms with van der Waals surface area (Å²) >= 11 is 0. The minimum absolute atomic E-state index is 0.135. The molecule has 4 aliphatic rings. The molecular weight excluding hydrogens is 408 g/mol. The van der Waals surface area contributed by atoms with Gasteiger partial charge in [0.15, 0.2) is 5.54 Å². The molecule has 0 aromatic heterocycles. The van der Waals surface area contributed by atoms with Crippen LogP contribution >= 0.6 is 0 Å². The lowest BCUT2D eigenvalue weighted by Crippen LogP contribution is -2.54. The van der Waals surface area contributed by atoms with Crippen molar-refractivity contribution in [1.82, 2.24) is 0 Å². The molecule has 0 amide bonds. The molecule has 33 heavy (non-hydrogen) atoms. The van der Waals surface area contributed by atoms with E-state index in [0.29, 0.717) is 12.3 Å². The number of rotatable bonds is 2. The fourth-order valence-corrected chi connectivity index (χ4v) is 7.16. The first-order valence-corrected chi connectivity index (χ1v) is 12.4. The van der Waals surface area contributed by atoms with Crippen molar-refractivity contribution in [3.8, 4) is 5.75 Å². The fourth-order valence-electron chi connectivity index (χ4n) is 7.16. The molecule has 2 bridgehead atoms. The Hall–Kier alpha value is -2.59. The maximum atomic E-state index is 11.9. The second-order valence-electron chi connectivity index (χ2n) is 11.1. The van der Waals surface area contributed by atoms with Gasteiger partial charge < -0.3 is 15.6 Å². The molecule has 0 fully saturated rings. The maximum absolute atomic E-state index is 11.9. The molecule has 2 heterocycles. The first-order chi connectivity index (χ1) is 15.8. The Bertz CT molecular complexity index is 1210. The van der Waals surface area contributed by atoms with E-state index in [2.05, 4.69) is 64.1 Å². The monoisotopic (exact) mass is 442 g/mol. The topological polar surface area (TPSA) is 67.8 Å². The molecule has 2 spiro atoms. The van der Waals surface area contributed by atoms with Gasteiger partial charge in [-0.3, -0.25) is 4.99 Å². The van der Waals surface area contributed by atoms with Gasteiger partial charge in [0.2, 0.25) is 0 Å². The highest BCUT2D eigenvalue weighted by Gasteiger charge is 2.70. The molecule has 3 N–H and O–H groups in total. The lowest BCUT2D eigenvalue weighted by Gasteiger charge is -2.46. The standard InChI is InChI=1S/C29H34N2O2/c1-16(2)13-21-18(4)27(30)31-29-23-14-17(3)9-10-24(23)33-28(29)12-11-19-7-5-6-8-20(19)26(32)22(15-28)25(21)29/h5-10,14,16,18,21,26,32H,11-13,15H2,1-4H3,(H2,30,31). The van der Waals surface area contributed by atoms with Crippen LogP contribution in [0.1, 0.15) is 68.4 Å². The van der Waals surface area contributed by atoms with E-state index in [-0.39, 0.29) is 11.8 Å². The van der Waals surface area contributed by atoms with Gasteiger partial charge >= 0.3 is 0 Å². The fraction of sp³-hybridized carbons (Fsp3) is 0.483. The van der Waals surface area contributed by atoms with Crippen LogP contribution in [0.4, 0.5) is 0 Å². The molecule has 0 saturated heterocycles. The zero-order valence-corrected chi connectivity index (χ0v) is 20.1. The number of benzene rings is 2. The summed E-state index contributed by atoms with van der Waals surface area (Å²) in [6.07, 6.45) is 2.77. The number of nitrogens with two attached hydrogens (primary N) is 1. The number of hydrogen-bond acceptors (Lipinski definition) is 4. The summed E-state index contributed by atoms with van der Waals surface area (Å²) in [5, 5.41) is 11.9. The van der Waals surface area contributed by atoms with Gasteiger partial charge in [0.05, 0.1) is 5.84 Å². The molecule has 2 aliphatic heterocycles. The van der Waals surface area contributed by atoms with Crippen LogP contribution in [-0.2, 0) is 12.0 Å². The van der Waals surface area contributed by atoms with Crippen LogP contribution in [0.25, 0.3) is 0 Å². The second-order valence-corrected chi connectivity index (χ2v) is 11.1. The summed E-state index contributed by atoms with van der Waals surface area (Å²) in [6, 6.07) is 14.8. The van der Waals surface area contributed by atoms with Gasteiger partial charge in [-0.2, -0.15) is 0 Å². The SMILES string of the molecule is Cc1ccc2c(c1)C13N=C(N)C(C)C(CC(C)C)C1=C1CC3(CCc3ccccc3C1O)O2. The van der Waals surface area contributed by atoms with Gasteiger partial charge in [0, 0.05) is 17.9 Å². The predicted molar refractivity (Wildman–Crippen MR) is 131 cm³/mol. The van der Waals surface area contributed by atoms with E-state index < -0.39 is 17.2 Å². The molecule has 5 unspecified atom stereocenters. The van der Waals surface area contributed by atoms with Crippen LogP contribution < -0.4 is 10.5 Å². The van der Waals surface area contributed by atoms with E-state index in [1.54, 1.807) is 0 Å². The molecule has 2 aromatic rings. The first kappa shape index (κ1) is 21.0. The Labute approximate surface area is 196 Å². The average molecular weight is 443 g/mol. The van der Waals surface area contributed by atoms with E-state index in [1.807, 2.05) is 6.07 Å². The summed E-state index contributed by atoms with van der Waals surface area (Å²) in [6.45, 7) is 8.88. The molecular formula is C29H34N2O2. The lowest BCUT2D eigenvalue weighted by atomic mass is 9.64. The Kier molecular flexibility index (Phi) is 4.42. The summed E-state index contributed by atoms with van der Waals surface area (Å²) < 4.78 is 6.92. The van der Waals surface area contributed by atoms with Crippen molar-refractivity contribution in [3.63, 3.8) is 0 Å². The Balaban J connectivity index is 1.70. The van der Waals surface area contributed by atoms with E-state index in [0.717, 1.165) is 47.5 Å². The molecule has 2 aromatic carbocycles. The van der Waals surface area contributed by atoms with Crippen LogP contribution in [0.5, 0.6) is 5.75 Å². The number of ether oxygens (including phenoxy) is 1. The number of aliphatic hydroxyl groups is 1. The molecule has 5 atom stereocenters. The van der Waals surface area contributed by atoms with Gasteiger partial charge in [-0.05, 0) is 72.4 Å². The Morgan fingerprint density at radius 1 is 1.21 bits per heavy atom. The van der Waals surface area contributed by atoms with E-state index in [9.17, 15) is 5.11 Å². The second kappa shape index (κ2) is 6.96. The van der Waals surface area contributed by atoms with Crippen molar-refractivity contribution in [1.29, 1.82) is 0 Å². The van der Waals surface area contributed by atoms with Crippen molar-refractivity contribution in [2.45, 2.75) is 70.6 Å². The molecule has 4 heteroatoms. The van der Waals surface area contributed by atoms with Crippen LogP contribution in [0, 0.1) is 24.7 Å². The minimum Gasteiger partial charge on any atom is -0.483 e. The van der Waals surface area contributed by atoms with Crippen molar-refractivity contribution >= 4 is 5.84 Å². The van der Waals surface area contributed by atoms with E-state index >= 15 is 0 Å². The molecule has 0 radical (unpaired) electrons. The highest BCUT2D eigenvalue weighted by atomic mass is 16.5.